The van der Waals surface area contributed by atoms with Crippen LogP contribution < -0.4 is 15.5 Å². The van der Waals surface area contributed by atoms with Gasteiger partial charge in [0.2, 0.25) is 5.95 Å². The minimum atomic E-state index is -0.540. The quantitative estimate of drug-likeness (QED) is 0.728. The first-order valence-corrected chi connectivity index (χ1v) is 6.89. The highest BCUT2D eigenvalue weighted by atomic mass is 16.3. The van der Waals surface area contributed by atoms with Crippen LogP contribution in [-0.4, -0.2) is 52.9 Å². The second kappa shape index (κ2) is 7.04. The van der Waals surface area contributed by atoms with Gasteiger partial charge >= 0.3 is 6.03 Å². The van der Waals surface area contributed by atoms with E-state index in [1.54, 1.807) is 25.4 Å². The van der Waals surface area contributed by atoms with Gasteiger partial charge in [-0.15, -0.1) is 0 Å². The lowest BCUT2D eigenvalue weighted by Gasteiger charge is -2.33. The van der Waals surface area contributed by atoms with Crippen molar-refractivity contribution in [1.82, 2.24) is 20.6 Å². The van der Waals surface area contributed by atoms with E-state index in [0.29, 0.717) is 12.5 Å². The van der Waals surface area contributed by atoms with E-state index >= 15 is 0 Å². The molecule has 0 spiro atoms. The summed E-state index contributed by atoms with van der Waals surface area (Å²) in [7, 11) is 0. The van der Waals surface area contributed by atoms with Crippen LogP contribution in [0, 0.1) is 0 Å². The first kappa shape index (κ1) is 14.5. The van der Waals surface area contributed by atoms with Gasteiger partial charge in [0.05, 0.1) is 6.10 Å². The molecule has 0 aromatic carbocycles. The van der Waals surface area contributed by atoms with Crippen molar-refractivity contribution >= 4 is 12.0 Å². The number of aliphatic hydroxyl groups excluding tert-OH is 1. The second-order valence-corrected chi connectivity index (χ2v) is 5.04. The number of carbonyl (C=O) groups excluding carboxylic acids is 1. The third-order valence-electron chi connectivity index (χ3n) is 3.15. The van der Waals surface area contributed by atoms with E-state index in [2.05, 4.69) is 25.5 Å². The number of hydrogen-bond donors (Lipinski definition) is 3. The number of hydrogen-bond acceptors (Lipinski definition) is 5. The van der Waals surface area contributed by atoms with Crippen molar-refractivity contribution in [1.29, 1.82) is 0 Å². The number of piperidine rings is 1. The molecule has 1 aromatic heterocycles. The molecule has 1 fully saturated rings. The summed E-state index contributed by atoms with van der Waals surface area (Å²) in [6.45, 7) is 3.49. The zero-order valence-electron chi connectivity index (χ0n) is 11.6. The highest BCUT2D eigenvalue weighted by Crippen LogP contribution is 2.14. The van der Waals surface area contributed by atoms with Crippen LogP contribution in [0.4, 0.5) is 10.7 Å². The molecule has 0 unspecified atom stereocenters. The number of urea groups is 1. The number of rotatable bonds is 4. The van der Waals surface area contributed by atoms with Crippen molar-refractivity contribution in [3.8, 4) is 0 Å². The molecule has 7 nitrogen and oxygen atoms in total. The van der Waals surface area contributed by atoms with Gasteiger partial charge in [-0.3, -0.25) is 0 Å². The topological polar surface area (TPSA) is 90.4 Å². The van der Waals surface area contributed by atoms with Crippen molar-refractivity contribution in [2.45, 2.75) is 31.9 Å². The van der Waals surface area contributed by atoms with Gasteiger partial charge in [0.15, 0.2) is 0 Å². The van der Waals surface area contributed by atoms with Crippen molar-refractivity contribution in [2.75, 3.05) is 24.5 Å². The molecule has 110 valence electrons. The predicted octanol–water partition coefficient (Wildman–Crippen LogP) is 0.125. The number of nitrogens with one attached hydrogen (secondary N) is 2. The Bertz CT molecular complexity index is 426. The molecule has 2 rings (SSSR count). The average molecular weight is 279 g/mol. The van der Waals surface area contributed by atoms with Crippen molar-refractivity contribution in [3.63, 3.8) is 0 Å². The lowest BCUT2D eigenvalue weighted by atomic mass is 10.1. The molecule has 2 heterocycles. The number of carbonyl (C=O) groups is 1. The van der Waals surface area contributed by atoms with Crippen LogP contribution >= 0.6 is 0 Å². The Kier molecular flexibility index (Phi) is 5.11. The number of nitrogens with zero attached hydrogens (tertiary/aromatic N) is 3. The molecule has 1 aliphatic rings. The maximum absolute atomic E-state index is 11.7. The molecule has 1 aliphatic heterocycles. The molecule has 0 bridgehead atoms. The second-order valence-electron chi connectivity index (χ2n) is 5.04. The van der Waals surface area contributed by atoms with Gasteiger partial charge < -0.3 is 20.6 Å². The van der Waals surface area contributed by atoms with Gasteiger partial charge in [0, 0.05) is 38.1 Å². The minimum absolute atomic E-state index is 0.0709. The SMILES string of the molecule is C[C@@H](O)CNC(=O)N[C@@H]1CCCN(c2ncccn2)C1. The van der Waals surface area contributed by atoms with Crippen LogP contribution in [0.25, 0.3) is 0 Å². The molecule has 3 N–H and O–H groups in total. The summed E-state index contributed by atoms with van der Waals surface area (Å²) in [6.07, 6.45) is 4.82. The fourth-order valence-corrected chi connectivity index (χ4v) is 2.21. The average Bonchev–Trinajstić information content (AvgIpc) is 2.46. The maximum atomic E-state index is 11.7. The standard InChI is InChI=1S/C13H21N5O2/c1-10(19)8-16-13(20)17-11-4-2-7-18(9-11)12-14-5-3-6-15-12/h3,5-6,10-11,19H,2,4,7-9H2,1H3,(H2,16,17,20)/t10-,11-/m1/s1. The van der Waals surface area contributed by atoms with Crippen LogP contribution in [0.3, 0.4) is 0 Å². The fraction of sp³-hybridized carbons (Fsp3) is 0.615. The van der Waals surface area contributed by atoms with E-state index in [-0.39, 0.29) is 18.6 Å². The summed E-state index contributed by atoms with van der Waals surface area (Å²) in [5, 5.41) is 14.7. The number of amides is 2. The molecule has 2 amide bonds. The molecule has 1 saturated heterocycles. The van der Waals surface area contributed by atoms with Crippen LogP contribution in [-0.2, 0) is 0 Å². The Labute approximate surface area is 118 Å². The summed E-state index contributed by atoms with van der Waals surface area (Å²) in [4.78, 5) is 22.2. The monoisotopic (exact) mass is 279 g/mol. The van der Waals surface area contributed by atoms with E-state index in [0.717, 1.165) is 19.4 Å². The Morgan fingerprint density at radius 2 is 2.30 bits per heavy atom. The molecule has 0 radical (unpaired) electrons. The maximum Gasteiger partial charge on any atom is 0.315 e. The molecule has 7 heteroatoms. The smallest absolute Gasteiger partial charge is 0.315 e. The summed E-state index contributed by atoms with van der Waals surface area (Å²) in [5.41, 5.74) is 0. The Balaban J connectivity index is 1.83. The number of anilines is 1. The molecule has 2 atom stereocenters. The molecular weight excluding hydrogens is 258 g/mol. The summed E-state index contributed by atoms with van der Waals surface area (Å²) < 4.78 is 0. The fourth-order valence-electron chi connectivity index (χ4n) is 2.21. The van der Waals surface area contributed by atoms with E-state index in [9.17, 15) is 4.79 Å². The number of aliphatic hydroxyl groups is 1. The molecule has 20 heavy (non-hydrogen) atoms. The van der Waals surface area contributed by atoms with Crippen LogP contribution in [0.1, 0.15) is 19.8 Å². The first-order valence-electron chi connectivity index (χ1n) is 6.89. The highest BCUT2D eigenvalue weighted by molar-refractivity contribution is 5.74. The van der Waals surface area contributed by atoms with Crippen molar-refractivity contribution in [2.24, 2.45) is 0 Å². The van der Waals surface area contributed by atoms with Crippen molar-refractivity contribution in [3.05, 3.63) is 18.5 Å². The summed E-state index contributed by atoms with van der Waals surface area (Å²) in [5.74, 6) is 0.698. The lowest BCUT2D eigenvalue weighted by molar-refractivity contribution is 0.186. The van der Waals surface area contributed by atoms with E-state index in [1.807, 2.05) is 0 Å². The minimum Gasteiger partial charge on any atom is -0.392 e. The normalized spacial score (nSPS) is 20.3. The first-order chi connectivity index (χ1) is 9.65. The molecule has 0 saturated carbocycles. The van der Waals surface area contributed by atoms with E-state index in [4.69, 9.17) is 5.11 Å². The Morgan fingerprint density at radius 3 is 3.00 bits per heavy atom. The van der Waals surface area contributed by atoms with Gasteiger partial charge in [-0.05, 0) is 25.8 Å². The Hall–Kier alpha value is -1.89. The Morgan fingerprint density at radius 1 is 1.55 bits per heavy atom. The van der Waals surface area contributed by atoms with Gasteiger partial charge in [0.1, 0.15) is 0 Å². The zero-order valence-corrected chi connectivity index (χ0v) is 11.6. The van der Waals surface area contributed by atoms with Crippen LogP contribution in [0.2, 0.25) is 0 Å². The predicted molar refractivity (Wildman–Crippen MR) is 75.5 cm³/mol. The molecule has 0 aliphatic carbocycles. The number of aromatic nitrogens is 2. The van der Waals surface area contributed by atoms with Crippen LogP contribution in [0.15, 0.2) is 18.5 Å². The van der Waals surface area contributed by atoms with Gasteiger partial charge in [-0.1, -0.05) is 0 Å². The van der Waals surface area contributed by atoms with Crippen LogP contribution in [0.5, 0.6) is 0 Å². The summed E-state index contributed by atoms with van der Waals surface area (Å²) in [6, 6.07) is 1.61. The molecular formula is C13H21N5O2. The largest absolute Gasteiger partial charge is 0.392 e. The van der Waals surface area contributed by atoms with Crippen molar-refractivity contribution < 1.29 is 9.90 Å². The third kappa shape index (κ3) is 4.34. The lowest BCUT2D eigenvalue weighted by Crippen LogP contribution is -2.51. The van der Waals surface area contributed by atoms with Gasteiger partial charge in [-0.2, -0.15) is 0 Å². The van der Waals surface area contributed by atoms with Gasteiger partial charge in [-0.25, -0.2) is 14.8 Å². The molecule has 1 aromatic rings. The highest BCUT2D eigenvalue weighted by Gasteiger charge is 2.22. The zero-order chi connectivity index (χ0) is 14.4. The van der Waals surface area contributed by atoms with E-state index in [1.165, 1.54) is 0 Å². The third-order valence-corrected chi connectivity index (χ3v) is 3.15. The van der Waals surface area contributed by atoms with Gasteiger partial charge in [0.25, 0.3) is 0 Å². The summed E-state index contributed by atoms with van der Waals surface area (Å²) >= 11 is 0. The van der Waals surface area contributed by atoms with E-state index < -0.39 is 6.10 Å².